The zero-order chi connectivity index (χ0) is 41.8. The summed E-state index contributed by atoms with van der Waals surface area (Å²) in [6.07, 6.45) is 15.7. The Labute approximate surface area is 341 Å². The number of anilines is 1. The lowest BCUT2D eigenvalue weighted by molar-refractivity contribution is -0.0711. The Morgan fingerprint density at radius 2 is 1.64 bits per heavy atom. The maximum absolute atomic E-state index is 14.1. The van der Waals surface area contributed by atoms with Gasteiger partial charge in [0.2, 0.25) is 5.60 Å². The van der Waals surface area contributed by atoms with E-state index in [1.807, 2.05) is 6.07 Å². The van der Waals surface area contributed by atoms with Crippen LogP contribution in [0.15, 0.2) is 36.7 Å². The Balaban J connectivity index is 1.21. The highest BCUT2D eigenvalue weighted by Crippen LogP contribution is 2.44. The lowest BCUT2D eigenvalue weighted by atomic mass is 9.96. The molecule has 1 fully saturated rings. The molecular formula is C41H61FN7O8P. The van der Waals surface area contributed by atoms with Crippen molar-refractivity contribution in [2.45, 2.75) is 146 Å². The minimum absolute atomic E-state index is 0.0311. The average molecular weight is 830 g/mol. The van der Waals surface area contributed by atoms with E-state index in [4.69, 9.17) is 24.5 Å². The van der Waals surface area contributed by atoms with Gasteiger partial charge in [-0.1, -0.05) is 103 Å². The summed E-state index contributed by atoms with van der Waals surface area (Å²) in [6, 6.07) is 10.6. The average Bonchev–Trinajstić information content (AvgIpc) is 3.76. The highest BCUT2D eigenvalue weighted by Gasteiger charge is 2.57. The number of nitriles is 2. The van der Waals surface area contributed by atoms with Gasteiger partial charge in [0.15, 0.2) is 5.82 Å². The summed E-state index contributed by atoms with van der Waals surface area (Å²) in [5, 5.41) is 47.6. The van der Waals surface area contributed by atoms with E-state index < -0.39 is 50.2 Å². The van der Waals surface area contributed by atoms with Crippen LogP contribution in [-0.2, 0) is 29.9 Å². The minimum Gasteiger partial charge on any atom is -0.387 e. The van der Waals surface area contributed by atoms with Gasteiger partial charge in [-0.15, -0.1) is 0 Å². The molecular weight excluding hydrogens is 768 g/mol. The van der Waals surface area contributed by atoms with Gasteiger partial charge in [-0.05, 0) is 42.3 Å². The molecule has 0 aliphatic carbocycles. The van der Waals surface area contributed by atoms with Gasteiger partial charge in [-0.3, -0.25) is 4.52 Å². The van der Waals surface area contributed by atoms with Crippen molar-refractivity contribution in [2.24, 2.45) is 0 Å². The molecule has 1 aliphatic rings. The van der Waals surface area contributed by atoms with E-state index in [1.165, 1.54) is 106 Å². The summed E-state index contributed by atoms with van der Waals surface area (Å²) in [5.41, 5.74) is 4.87. The topological polar surface area (TPSA) is 230 Å². The maximum Gasteiger partial charge on any atom is 0.403 e. The number of aromatic nitrogens is 3. The third-order valence-electron chi connectivity index (χ3n) is 10.4. The predicted octanol–water partition coefficient (Wildman–Crippen LogP) is 6.95. The molecule has 58 heavy (non-hydrogen) atoms. The molecule has 1 saturated heterocycles. The summed E-state index contributed by atoms with van der Waals surface area (Å²) in [6.45, 7) is 1.48. The molecule has 0 amide bonds. The molecule has 3 aromatic rings. The fourth-order valence-electron chi connectivity index (χ4n) is 7.07. The zero-order valence-electron chi connectivity index (χ0n) is 33.6. The SMILES string of the molecule is CCCCCCCCCCCCCCCCCCOC[C@H](CNP(=O)(O)OC[C@@]1(C#N)O[C@@H](c2ccc3c(N)ncnn23)[C@H](O)[C@@H]1O)OCc1cc(F)cc(C#N)c1. The fraction of sp³-hybridized carbons (Fsp3) is 0.659. The number of nitrogens with two attached hydrogens (primary N) is 1. The third-order valence-corrected chi connectivity index (χ3v) is 11.5. The quantitative estimate of drug-likeness (QED) is 0.0352. The first-order chi connectivity index (χ1) is 28.0. The summed E-state index contributed by atoms with van der Waals surface area (Å²) in [7, 11) is -4.68. The number of hydrogen-bond donors (Lipinski definition) is 5. The van der Waals surface area contributed by atoms with Gasteiger partial charge in [0.25, 0.3) is 0 Å². The normalized spacial score (nSPS) is 20.8. The number of halogens is 1. The molecule has 0 bridgehead atoms. The Morgan fingerprint density at radius 3 is 2.26 bits per heavy atom. The van der Waals surface area contributed by atoms with Crippen LogP contribution in [0.2, 0.25) is 0 Å². The number of rotatable bonds is 29. The van der Waals surface area contributed by atoms with Crippen molar-refractivity contribution in [1.82, 2.24) is 19.7 Å². The van der Waals surface area contributed by atoms with E-state index in [9.17, 15) is 34.6 Å². The highest BCUT2D eigenvalue weighted by molar-refractivity contribution is 7.50. The number of nitrogens with zero attached hydrogens (tertiary/aromatic N) is 5. The molecule has 6 atom stereocenters. The Hall–Kier alpha value is -3.54. The zero-order valence-corrected chi connectivity index (χ0v) is 34.5. The second-order valence-corrected chi connectivity index (χ2v) is 16.7. The van der Waals surface area contributed by atoms with Crippen molar-refractivity contribution in [2.75, 3.05) is 32.1 Å². The van der Waals surface area contributed by atoms with Crippen LogP contribution >= 0.6 is 7.75 Å². The molecule has 15 nitrogen and oxygen atoms in total. The van der Waals surface area contributed by atoms with E-state index in [0.29, 0.717) is 17.7 Å². The maximum atomic E-state index is 14.1. The van der Waals surface area contributed by atoms with Crippen LogP contribution in [0.5, 0.6) is 0 Å². The molecule has 0 saturated carbocycles. The molecule has 4 rings (SSSR count). The van der Waals surface area contributed by atoms with Gasteiger partial charge in [0.1, 0.15) is 48.6 Å². The number of unbranched alkanes of at least 4 members (excludes halogenated alkanes) is 15. The monoisotopic (exact) mass is 829 g/mol. The van der Waals surface area contributed by atoms with Crippen molar-refractivity contribution in [3.05, 3.63) is 59.3 Å². The second-order valence-electron chi connectivity index (χ2n) is 15.1. The van der Waals surface area contributed by atoms with Gasteiger partial charge in [0, 0.05) is 13.2 Å². The predicted molar refractivity (Wildman–Crippen MR) is 215 cm³/mol. The molecule has 1 unspecified atom stereocenters. The lowest BCUT2D eigenvalue weighted by Gasteiger charge is -2.26. The van der Waals surface area contributed by atoms with E-state index in [-0.39, 0.29) is 36.8 Å². The standard InChI is InChI=1S/C41H61FN7O8P/c1-2-3-4-5-6-7-8-9-10-11-12-13-14-15-16-17-20-54-27-34(55-26-32-21-31(24-43)22-33(42)23-32)25-48-58(52,53)56-29-41(28-44)39(51)37(50)38(57-41)35-18-19-36-40(45)46-30-47-49(35)36/h18-19,21-23,30,34,37-39,50-51H,2-17,20,25-27,29H2,1H3,(H2,45,46,47)(H2,48,52,53)/t34-,37-,38-,39-,41+/m0/s1. The molecule has 6 N–H and O–H groups in total. The van der Waals surface area contributed by atoms with E-state index in [1.54, 1.807) is 18.2 Å². The minimum atomic E-state index is -4.68. The molecule has 1 aliphatic heterocycles. The number of nitrogens with one attached hydrogen (secondary N) is 1. The summed E-state index contributed by atoms with van der Waals surface area (Å²) >= 11 is 0. The number of benzene rings is 1. The molecule has 0 radical (unpaired) electrons. The van der Waals surface area contributed by atoms with Crippen LogP contribution in [0.3, 0.4) is 0 Å². The molecule has 17 heteroatoms. The summed E-state index contributed by atoms with van der Waals surface area (Å²) in [5.74, 6) is -0.440. The largest absolute Gasteiger partial charge is 0.403 e. The van der Waals surface area contributed by atoms with E-state index >= 15 is 0 Å². The van der Waals surface area contributed by atoms with Crippen LogP contribution < -0.4 is 10.8 Å². The second kappa shape index (κ2) is 24.5. The van der Waals surface area contributed by atoms with Crippen molar-refractivity contribution in [3.8, 4) is 12.1 Å². The van der Waals surface area contributed by atoms with Crippen LogP contribution in [0.4, 0.5) is 10.2 Å². The number of fused-ring (bicyclic) bond motifs is 1. The number of nitrogen functional groups attached to an aromatic ring is 1. The van der Waals surface area contributed by atoms with Gasteiger partial charge >= 0.3 is 7.75 Å². The van der Waals surface area contributed by atoms with E-state index in [0.717, 1.165) is 25.3 Å². The van der Waals surface area contributed by atoms with E-state index in [2.05, 4.69) is 22.1 Å². The number of hydrogen-bond acceptors (Lipinski definition) is 12. The molecule has 0 spiro atoms. The summed E-state index contributed by atoms with van der Waals surface area (Å²) < 4.78 is 51.5. The van der Waals surface area contributed by atoms with Crippen LogP contribution in [0, 0.1) is 28.5 Å². The number of aliphatic hydroxyl groups excluding tert-OH is 2. The van der Waals surface area contributed by atoms with Crippen molar-refractivity contribution < 1.29 is 42.8 Å². The molecule has 3 heterocycles. The Kier molecular flexibility index (Phi) is 19.9. The van der Waals surface area contributed by atoms with Gasteiger partial charge in [-0.25, -0.2) is 23.5 Å². The fourth-order valence-corrected chi connectivity index (χ4v) is 7.96. The van der Waals surface area contributed by atoms with Crippen LogP contribution in [0.1, 0.15) is 133 Å². The highest BCUT2D eigenvalue weighted by atomic mass is 31.2. The van der Waals surface area contributed by atoms with Crippen molar-refractivity contribution in [1.29, 1.82) is 10.5 Å². The van der Waals surface area contributed by atoms with Crippen LogP contribution in [-0.4, -0.2) is 80.0 Å². The Morgan fingerprint density at radius 1 is 1.00 bits per heavy atom. The Bertz CT molecular complexity index is 1820. The first-order valence-corrected chi connectivity index (χ1v) is 22.2. The molecule has 2 aromatic heterocycles. The summed E-state index contributed by atoms with van der Waals surface area (Å²) in [4.78, 5) is 14.6. The first kappa shape index (κ1) is 47.1. The van der Waals surface area contributed by atoms with Crippen molar-refractivity contribution >= 4 is 19.1 Å². The first-order valence-electron chi connectivity index (χ1n) is 20.7. The third kappa shape index (κ3) is 14.6. The number of aliphatic hydroxyl groups is 2. The number of ether oxygens (including phenoxy) is 3. The van der Waals surface area contributed by atoms with Crippen molar-refractivity contribution in [3.63, 3.8) is 0 Å². The van der Waals surface area contributed by atoms with Crippen LogP contribution in [0.25, 0.3) is 5.52 Å². The molecule has 320 valence electrons. The molecule has 1 aromatic carbocycles. The van der Waals surface area contributed by atoms with Gasteiger partial charge < -0.3 is 35.1 Å². The smallest absolute Gasteiger partial charge is 0.387 e. The van der Waals surface area contributed by atoms with Gasteiger partial charge in [-0.2, -0.15) is 15.6 Å². The van der Waals surface area contributed by atoms with Gasteiger partial charge in [0.05, 0.1) is 36.6 Å². The lowest BCUT2D eigenvalue weighted by Crippen LogP contribution is -2.46.